The van der Waals surface area contributed by atoms with Gasteiger partial charge in [-0.1, -0.05) is 31.4 Å². The first-order valence-electron chi connectivity index (χ1n) is 11.3. The maximum Gasteiger partial charge on any atom is 0.258 e. The molecule has 1 saturated carbocycles. The molecule has 0 spiro atoms. The summed E-state index contributed by atoms with van der Waals surface area (Å²) in [6.45, 7) is 2.31. The molecule has 2 aromatic rings. The topological polar surface area (TPSA) is 42.3 Å². The second-order valence-corrected chi connectivity index (χ2v) is 10.1. The molecular formula is C25H30N2O2S. The monoisotopic (exact) mass is 422 g/mol. The zero-order valence-corrected chi connectivity index (χ0v) is 18.5. The average molecular weight is 423 g/mol. The van der Waals surface area contributed by atoms with E-state index < -0.39 is 0 Å². The Bertz CT molecular complexity index is 991. The van der Waals surface area contributed by atoms with Gasteiger partial charge in [0.15, 0.2) is 0 Å². The minimum atomic E-state index is 0.117. The highest BCUT2D eigenvalue weighted by atomic mass is 32.2. The maximum absolute atomic E-state index is 13.3. The fourth-order valence-corrected chi connectivity index (χ4v) is 6.13. The Morgan fingerprint density at radius 2 is 1.73 bits per heavy atom. The van der Waals surface area contributed by atoms with Crippen LogP contribution in [0.15, 0.2) is 46.1 Å². The number of carbonyl (C=O) groups is 1. The second kappa shape index (κ2) is 8.26. The Hall–Kier alpha value is -2.01. The molecule has 0 unspecified atom stereocenters. The van der Waals surface area contributed by atoms with Crippen molar-refractivity contribution >= 4 is 17.7 Å². The number of benzene rings is 1. The molecule has 3 aliphatic rings. The van der Waals surface area contributed by atoms with Crippen LogP contribution in [-0.4, -0.2) is 34.7 Å². The SMILES string of the molecule is CSc1ccc(-c2ccc3n(c2=O)C[C@@H]2C[C@@H]3CN(C(=O)C3CCCCC3)C2)cc1. The number of pyridine rings is 1. The Morgan fingerprint density at radius 3 is 2.47 bits per heavy atom. The predicted molar refractivity (Wildman–Crippen MR) is 122 cm³/mol. The molecule has 1 amide bonds. The molecule has 1 saturated heterocycles. The highest BCUT2D eigenvalue weighted by Gasteiger charge is 2.38. The van der Waals surface area contributed by atoms with E-state index in [4.69, 9.17) is 0 Å². The van der Waals surface area contributed by atoms with Gasteiger partial charge >= 0.3 is 0 Å². The lowest BCUT2D eigenvalue weighted by Gasteiger charge is -2.44. The number of hydrogen-bond donors (Lipinski definition) is 0. The van der Waals surface area contributed by atoms with E-state index in [0.717, 1.165) is 55.7 Å². The van der Waals surface area contributed by atoms with Crippen molar-refractivity contribution in [3.63, 3.8) is 0 Å². The zero-order valence-electron chi connectivity index (χ0n) is 17.7. The number of hydrogen-bond acceptors (Lipinski definition) is 3. The molecular weight excluding hydrogens is 392 g/mol. The minimum absolute atomic E-state index is 0.117. The molecule has 0 radical (unpaired) electrons. The normalized spacial score (nSPS) is 23.8. The van der Waals surface area contributed by atoms with Crippen molar-refractivity contribution in [3.05, 3.63) is 52.4 Å². The smallest absolute Gasteiger partial charge is 0.258 e. The van der Waals surface area contributed by atoms with Crippen molar-refractivity contribution in [2.45, 2.75) is 55.9 Å². The Labute approximate surface area is 182 Å². The molecule has 2 bridgehead atoms. The summed E-state index contributed by atoms with van der Waals surface area (Å²) in [6, 6.07) is 12.4. The molecule has 2 atom stereocenters. The van der Waals surface area contributed by atoms with Crippen LogP contribution in [0.1, 0.15) is 50.1 Å². The fourth-order valence-electron chi connectivity index (χ4n) is 5.72. The summed E-state index contributed by atoms with van der Waals surface area (Å²) in [5.74, 6) is 1.26. The number of amides is 1. The molecule has 5 heteroatoms. The number of nitrogens with zero attached hydrogens (tertiary/aromatic N) is 2. The van der Waals surface area contributed by atoms with E-state index >= 15 is 0 Å². The molecule has 2 fully saturated rings. The van der Waals surface area contributed by atoms with Crippen molar-refractivity contribution < 1.29 is 4.79 Å². The van der Waals surface area contributed by atoms with E-state index in [-0.39, 0.29) is 17.4 Å². The molecule has 3 heterocycles. The van der Waals surface area contributed by atoms with E-state index in [1.807, 2.05) is 22.8 Å². The number of aromatic nitrogens is 1. The molecule has 1 aliphatic carbocycles. The quantitative estimate of drug-likeness (QED) is 0.670. The van der Waals surface area contributed by atoms with Gasteiger partial charge in [0.1, 0.15) is 0 Å². The number of fused-ring (bicyclic) bond motifs is 4. The first-order valence-corrected chi connectivity index (χ1v) is 12.5. The number of thioether (sulfide) groups is 1. The highest BCUT2D eigenvalue weighted by molar-refractivity contribution is 7.98. The Morgan fingerprint density at radius 1 is 0.967 bits per heavy atom. The van der Waals surface area contributed by atoms with E-state index in [9.17, 15) is 9.59 Å². The van der Waals surface area contributed by atoms with Crippen LogP contribution in [0.3, 0.4) is 0 Å². The van der Waals surface area contributed by atoms with Crippen LogP contribution in [0.2, 0.25) is 0 Å². The van der Waals surface area contributed by atoms with Gasteiger partial charge in [0.05, 0.1) is 0 Å². The van der Waals surface area contributed by atoms with Crippen molar-refractivity contribution in [1.29, 1.82) is 0 Å². The summed E-state index contributed by atoms with van der Waals surface area (Å²) in [5, 5.41) is 0. The maximum atomic E-state index is 13.3. The number of rotatable bonds is 3. The standard InChI is InChI=1S/C25H30N2O2S/c1-30-21-9-7-18(8-10-21)22-11-12-23-20-13-17(15-27(23)25(22)29)14-26(16-20)24(28)19-5-3-2-4-6-19/h7-12,17,19-20H,2-6,13-16H2,1H3/t17-,20-/m1/s1. The molecule has 2 aliphatic heterocycles. The molecule has 30 heavy (non-hydrogen) atoms. The van der Waals surface area contributed by atoms with Gasteiger partial charge in [-0.15, -0.1) is 11.8 Å². The van der Waals surface area contributed by atoms with Crippen molar-refractivity contribution in [2.75, 3.05) is 19.3 Å². The molecule has 1 aromatic carbocycles. The van der Waals surface area contributed by atoms with Gasteiger partial charge in [-0.25, -0.2) is 0 Å². The summed E-state index contributed by atoms with van der Waals surface area (Å²) in [5.41, 5.74) is 2.99. The van der Waals surface area contributed by atoms with Gasteiger partial charge in [0.25, 0.3) is 5.56 Å². The van der Waals surface area contributed by atoms with E-state index in [1.54, 1.807) is 11.8 Å². The van der Waals surface area contributed by atoms with E-state index in [2.05, 4.69) is 29.4 Å². The summed E-state index contributed by atoms with van der Waals surface area (Å²) >= 11 is 1.71. The van der Waals surface area contributed by atoms with Gasteiger partial charge in [0.2, 0.25) is 5.91 Å². The van der Waals surface area contributed by atoms with Gasteiger partial charge in [-0.3, -0.25) is 9.59 Å². The summed E-state index contributed by atoms with van der Waals surface area (Å²) < 4.78 is 2.00. The fraction of sp³-hybridized carbons (Fsp3) is 0.520. The van der Waals surface area contributed by atoms with Crippen LogP contribution in [-0.2, 0) is 11.3 Å². The van der Waals surface area contributed by atoms with Crippen LogP contribution in [0.25, 0.3) is 11.1 Å². The van der Waals surface area contributed by atoms with E-state index in [1.165, 1.54) is 24.2 Å². The summed E-state index contributed by atoms with van der Waals surface area (Å²) in [6.07, 6.45) is 8.91. The lowest BCUT2D eigenvalue weighted by atomic mass is 9.81. The average Bonchev–Trinajstić information content (AvgIpc) is 2.80. The molecule has 0 N–H and O–H groups in total. The molecule has 1 aromatic heterocycles. The van der Waals surface area contributed by atoms with Gasteiger partial charge < -0.3 is 9.47 Å². The van der Waals surface area contributed by atoms with Crippen LogP contribution in [0, 0.1) is 11.8 Å². The third-order valence-electron chi connectivity index (χ3n) is 7.27. The van der Waals surface area contributed by atoms with Crippen molar-refractivity contribution in [3.8, 4) is 11.1 Å². The van der Waals surface area contributed by atoms with Crippen molar-refractivity contribution in [1.82, 2.24) is 9.47 Å². The van der Waals surface area contributed by atoms with Crippen LogP contribution in [0.4, 0.5) is 0 Å². The number of piperidine rings is 1. The summed E-state index contributed by atoms with van der Waals surface area (Å²) in [4.78, 5) is 29.8. The lowest BCUT2D eigenvalue weighted by Crippen LogP contribution is -2.50. The third-order valence-corrected chi connectivity index (χ3v) is 8.01. The van der Waals surface area contributed by atoms with E-state index in [0.29, 0.717) is 11.8 Å². The molecule has 158 valence electrons. The Kier molecular flexibility index (Phi) is 5.48. The minimum Gasteiger partial charge on any atom is -0.341 e. The van der Waals surface area contributed by atoms with Gasteiger partial charge in [0, 0.05) is 47.6 Å². The van der Waals surface area contributed by atoms with Gasteiger partial charge in [-0.2, -0.15) is 0 Å². The first kappa shape index (κ1) is 19.9. The molecule has 4 nitrogen and oxygen atoms in total. The van der Waals surface area contributed by atoms with Crippen molar-refractivity contribution in [2.24, 2.45) is 11.8 Å². The largest absolute Gasteiger partial charge is 0.341 e. The first-order chi connectivity index (χ1) is 14.6. The predicted octanol–water partition coefficient (Wildman–Crippen LogP) is 4.76. The number of likely N-dealkylation sites (tertiary alicyclic amines) is 1. The van der Waals surface area contributed by atoms with Crippen LogP contribution < -0.4 is 5.56 Å². The van der Waals surface area contributed by atoms with Gasteiger partial charge in [-0.05, 0) is 61.3 Å². The third kappa shape index (κ3) is 3.62. The van der Waals surface area contributed by atoms with Crippen LogP contribution in [0.5, 0.6) is 0 Å². The molecule has 5 rings (SSSR count). The second-order valence-electron chi connectivity index (χ2n) is 9.19. The number of carbonyl (C=O) groups excluding carboxylic acids is 1. The Balaban J connectivity index is 1.40. The highest BCUT2D eigenvalue weighted by Crippen LogP contribution is 2.37. The van der Waals surface area contributed by atoms with Crippen LogP contribution >= 0.6 is 11.8 Å². The zero-order chi connectivity index (χ0) is 20.7. The summed E-state index contributed by atoms with van der Waals surface area (Å²) in [7, 11) is 0. The lowest BCUT2D eigenvalue weighted by molar-refractivity contribution is -0.139.